The van der Waals surface area contributed by atoms with Crippen molar-refractivity contribution in [2.75, 3.05) is 7.11 Å². The van der Waals surface area contributed by atoms with Crippen LogP contribution in [0.15, 0.2) is 53.8 Å². The Kier molecular flexibility index (Phi) is 3.99. The van der Waals surface area contributed by atoms with Crippen molar-refractivity contribution in [2.45, 2.75) is 11.4 Å². The smallest absolute Gasteiger partial charge is 0.300 e. The van der Waals surface area contributed by atoms with Crippen molar-refractivity contribution in [3.05, 3.63) is 59.4 Å². The zero-order valence-corrected chi connectivity index (χ0v) is 12.0. The van der Waals surface area contributed by atoms with Crippen molar-refractivity contribution in [1.29, 1.82) is 0 Å². The van der Waals surface area contributed by atoms with Crippen LogP contribution in [0.1, 0.15) is 16.8 Å². The number of hydrogen-bond acceptors (Lipinski definition) is 5. The van der Waals surface area contributed by atoms with Crippen molar-refractivity contribution in [1.82, 2.24) is 0 Å². The lowest BCUT2D eigenvalue weighted by atomic mass is 9.92. The van der Waals surface area contributed by atoms with Gasteiger partial charge in [0.05, 0.1) is 24.9 Å². The van der Waals surface area contributed by atoms with Crippen LogP contribution in [-0.4, -0.2) is 35.9 Å². The third-order valence-electron chi connectivity index (χ3n) is 3.24. The molecule has 1 aliphatic rings. The number of methoxy groups -OCH3 is 1. The van der Waals surface area contributed by atoms with E-state index < -0.39 is 32.8 Å². The largest absolute Gasteiger partial charge is 0.501 e. The number of allylic oxidation sites excluding steroid dienone is 2. The van der Waals surface area contributed by atoms with E-state index in [0.717, 1.165) is 6.08 Å². The molecule has 1 atom stereocenters. The molecule has 0 bridgehead atoms. The number of rotatable bonds is 4. The number of aliphatic hydroxyl groups is 1. The molecule has 2 N–H and O–H groups in total. The SMILES string of the molecule is COC1=CC=C(C(=O)c2ccccc2)C(O)(S(=O)(=O)O)C1. The van der Waals surface area contributed by atoms with E-state index in [0.29, 0.717) is 0 Å². The summed E-state index contributed by atoms with van der Waals surface area (Å²) in [6.07, 6.45) is 1.99. The lowest BCUT2D eigenvalue weighted by molar-refractivity contribution is 0.0893. The van der Waals surface area contributed by atoms with Crippen LogP contribution in [0, 0.1) is 0 Å². The summed E-state index contributed by atoms with van der Waals surface area (Å²) in [5.74, 6) is -0.540. The predicted octanol–water partition coefficient (Wildman–Crippen LogP) is 1.31. The Morgan fingerprint density at radius 2 is 1.86 bits per heavy atom. The number of Topliss-reactive ketones (excluding diaryl/α,β-unsaturated/α-hetero) is 1. The molecule has 0 radical (unpaired) electrons. The summed E-state index contributed by atoms with van der Waals surface area (Å²) in [6, 6.07) is 7.90. The zero-order valence-electron chi connectivity index (χ0n) is 11.2. The molecule has 6 nitrogen and oxygen atoms in total. The van der Waals surface area contributed by atoms with Crippen molar-refractivity contribution in [2.24, 2.45) is 0 Å². The lowest BCUT2D eigenvalue weighted by Crippen LogP contribution is -2.44. The molecule has 0 aliphatic heterocycles. The van der Waals surface area contributed by atoms with Gasteiger partial charge < -0.3 is 9.84 Å². The Bertz CT molecular complexity index is 717. The molecular weight excluding hydrogens is 296 g/mol. The highest BCUT2D eigenvalue weighted by atomic mass is 32.2. The molecule has 0 saturated carbocycles. The first-order chi connectivity index (χ1) is 9.79. The van der Waals surface area contributed by atoms with Gasteiger partial charge in [-0.1, -0.05) is 30.3 Å². The van der Waals surface area contributed by atoms with Crippen molar-refractivity contribution < 1.29 is 27.6 Å². The van der Waals surface area contributed by atoms with Gasteiger partial charge >= 0.3 is 0 Å². The second-order valence-electron chi connectivity index (χ2n) is 4.55. The fourth-order valence-corrected chi connectivity index (χ4v) is 2.83. The summed E-state index contributed by atoms with van der Waals surface area (Å²) >= 11 is 0. The third-order valence-corrected chi connectivity index (χ3v) is 4.46. The van der Waals surface area contributed by atoms with Gasteiger partial charge in [0.25, 0.3) is 10.1 Å². The topological polar surface area (TPSA) is 101 Å². The molecule has 7 heteroatoms. The van der Waals surface area contributed by atoms with Gasteiger partial charge in [-0.25, -0.2) is 0 Å². The maximum absolute atomic E-state index is 12.4. The summed E-state index contributed by atoms with van der Waals surface area (Å²) in [6.45, 7) is 0. The molecule has 0 saturated heterocycles. The molecule has 0 aromatic heterocycles. The van der Waals surface area contributed by atoms with E-state index in [-0.39, 0.29) is 11.3 Å². The first kappa shape index (κ1) is 15.4. The molecule has 1 unspecified atom stereocenters. The Morgan fingerprint density at radius 1 is 1.24 bits per heavy atom. The van der Waals surface area contributed by atoms with Crippen LogP contribution in [0.25, 0.3) is 0 Å². The van der Waals surface area contributed by atoms with Crippen molar-refractivity contribution in [3.8, 4) is 0 Å². The minimum Gasteiger partial charge on any atom is -0.501 e. The average Bonchev–Trinajstić information content (AvgIpc) is 2.46. The number of hydrogen-bond donors (Lipinski definition) is 2. The van der Waals surface area contributed by atoms with Crippen LogP contribution < -0.4 is 0 Å². The highest BCUT2D eigenvalue weighted by Gasteiger charge is 2.49. The average molecular weight is 310 g/mol. The summed E-state index contributed by atoms with van der Waals surface area (Å²) in [5, 5.41) is 10.4. The third kappa shape index (κ3) is 2.76. The monoisotopic (exact) mass is 310 g/mol. The van der Waals surface area contributed by atoms with Gasteiger partial charge in [0.2, 0.25) is 4.93 Å². The molecule has 0 amide bonds. The summed E-state index contributed by atoms with van der Waals surface area (Å²) in [5.41, 5.74) is -0.211. The first-order valence-corrected chi connectivity index (χ1v) is 7.48. The standard InChI is InChI=1S/C14H14O6S/c1-20-11-7-8-12(14(16,9-11)21(17,18)19)13(15)10-5-3-2-4-6-10/h2-8,16H,9H2,1H3,(H,17,18,19). The van der Waals surface area contributed by atoms with E-state index in [1.54, 1.807) is 18.2 Å². The number of ether oxygens (including phenoxy) is 1. The quantitative estimate of drug-likeness (QED) is 0.642. The number of ketones is 1. The van der Waals surface area contributed by atoms with Crippen LogP contribution in [0.2, 0.25) is 0 Å². The van der Waals surface area contributed by atoms with Gasteiger partial charge in [-0.15, -0.1) is 0 Å². The van der Waals surface area contributed by atoms with E-state index >= 15 is 0 Å². The Labute approximate surface area is 122 Å². The van der Waals surface area contributed by atoms with E-state index in [4.69, 9.17) is 4.74 Å². The fraction of sp³-hybridized carbons (Fsp3) is 0.214. The zero-order chi connectivity index (χ0) is 15.7. The predicted molar refractivity (Wildman–Crippen MR) is 75.1 cm³/mol. The molecule has 1 aliphatic carbocycles. The van der Waals surface area contributed by atoms with Gasteiger partial charge in [0, 0.05) is 5.56 Å². The number of carbonyl (C=O) groups excluding carboxylic acids is 1. The second-order valence-corrected chi connectivity index (χ2v) is 6.17. The van der Waals surface area contributed by atoms with Crippen molar-refractivity contribution >= 4 is 15.9 Å². The normalized spacial score (nSPS) is 22.2. The van der Waals surface area contributed by atoms with Crippen LogP contribution in [0.4, 0.5) is 0 Å². The van der Waals surface area contributed by atoms with E-state index in [1.807, 2.05) is 0 Å². The van der Waals surface area contributed by atoms with Crippen LogP contribution >= 0.6 is 0 Å². The Hall–Kier alpha value is -1.96. The molecule has 2 rings (SSSR count). The molecule has 1 aromatic carbocycles. The summed E-state index contributed by atoms with van der Waals surface area (Å²) in [4.78, 5) is 9.66. The first-order valence-electron chi connectivity index (χ1n) is 6.04. The molecule has 112 valence electrons. The summed E-state index contributed by atoms with van der Waals surface area (Å²) < 4.78 is 37.3. The van der Waals surface area contributed by atoms with Gasteiger partial charge in [0.1, 0.15) is 0 Å². The van der Waals surface area contributed by atoms with Gasteiger partial charge in [-0.05, 0) is 12.2 Å². The number of benzene rings is 1. The second kappa shape index (κ2) is 5.44. The van der Waals surface area contributed by atoms with Gasteiger partial charge in [0.15, 0.2) is 5.78 Å². The highest BCUT2D eigenvalue weighted by molar-refractivity contribution is 7.87. The molecular formula is C14H14O6S. The molecule has 0 fully saturated rings. The molecule has 1 aromatic rings. The molecule has 0 heterocycles. The van der Waals surface area contributed by atoms with E-state index in [1.165, 1.54) is 25.3 Å². The molecule has 0 spiro atoms. The maximum Gasteiger partial charge on any atom is 0.300 e. The van der Waals surface area contributed by atoms with Crippen LogP contribution in [0.3, 0.4) is 0 Å². The number of carbonyl (C=O) groups is 1. The Balaban J connectivity index is 2.55. The van der Waals surface area contributed by atoms with Gasteiger partial charge in [-0.2, -0.15) is 8.42 Å². The van der Waals surface area contributed by atoms with E-state index in [2.05, 4.69) is 0 Å². The molecule has 21 heavy (non-hydrogen) atoms. The van der Waals surface area contributed by atoms with Crippen molar-refractivity contribution in [3.63, 3.8) is 0 Å². The summed E-state index contributed by atoms with van der Waals surface area (Å²) in [7, 11) is -3.63. The minimum atomic E-state index is -4.93. The van der Waals surface area contributed by atoms with Gasteiger partial charge in [-0.3, -0.25) is 9.35 Å². The minimum absolute atomic E-state index is 0.139. The lowest BCUT2D eigenvalue weighted by Gasteiger charge is -2.29. The Morgan fingerprint density at radius 3 is 2.38 bits per heavy atom. The van der Waals surface area contributed by atoms with Crippen LogP contribution in [-0.2, 0) is 14.9 Å². The van der Waals surface area contributed by atoms with E-state index in [9.17, 15) is 22.9 Å². The maximum atomic E-state index is 12.4. The highest BCUT2D eigenvalue weighted by Crippen LogP contribution is 2.35. The van der Waals surface area contributed by atoms with Crippen LogP contribution in [0.5, 0.6) is 0 Å². The fourth-order valence-electron chi connectivity index (χ4n) is 2.07.